The maximum Gasteiger partial charge on any atom is 0.225 e. The fraction of sp³-hybridized carbons (Fsp3) is 0.722. The maximum atomic E-state index is 4.76. The normalized spacial score (nSPS) is 21.0. The Morgan fingerprint density at radius 3 is 2.67 bits per heavy atom. The number of hydrogen-bond acceptors (Lipinski definition) is 6. The average Bonchev–Trinajstić information content (AvgIpc) is 3.21. The Kier molecular flexibility index (Phi) is 10.5. The zero-order valence-electron chi connectivity index (χ0n) is 16.1. The van der Waals surface area contributed by atoms with E-state index in [-0.39, 0.29) is 24.0 Å². The van der Waals surface area contributed by atoms with Crippen LogP contribution in [0, 0.1) is 0 Å². The van der Waals surface area contributed by atoms with Crippen LogP contribution in [0.2, 0.25) is 0 Å². The van der Waals surface area contributed by atoms with E-state index in [1.54, 1.807) is 0 Å². The summed E-state index contributed by atoms with van der Waals surface area (Å²) in [5.74, 6) is 3.09. The minimum absolute atomic E-state index is 0. The molecule has 0 spiro atoms. The van der Waals surface area contributed by atoms with Gasteiger partial charge in [-0.25, -0.2) is 9.97 Å². The highest BCUT2D eigenvalue weighted by atomic mass is 127. The number of thioether (sulfide) groups is 1. The standard InChI is InChI=1S/C18H31N7S.HI/c1-2-19-17(23-15-16-5-3-14-26-16)20-8-9-24-10-12-25(13-11-24)18-21-6-4-7-22-18;/h4,6-7,16H,2-3,5,8-15H2,1H3,(H2,19,20,23);1H. The van der Waals surface area contributed by atoms with E-state index in [2.05, 4.69) is 49.1 Å². The van der Waals surface area contributed by atoms with E-state index in [1.807, 2.05) is 18.5 Å². The molecule has 0 aromatic carbocycles. The monoisotopic (exact) mass is 505 g/mol. The van der Waals surface area contributed by atoms with Crippen molar-refractivity contribution in [2.75, 3.05) is 63.0 Å². The highest BCUT2D eigenvalue weighted by Gasteiger charge is 2.18. The Bertz CT molecular complexity index is 546. The van der Waals surface area contributed by atoms with Crippen molar-refractivity contribution in [3.8, 4) is 0 Å². The molecule has 152 valence electrons. The number of anilines is 1. The van der Waals surface area contributed by atoms with Gasteiger partial charge >= 0.3 is 0 Å². The molecule has 1 unspecified atom stereocenters. The summed E-state index contributed by atoms with van der Waals surface area (Å²) in [5.41, 5.74) is 0. The van der Waals surface area contributed by atoms with Crippen molar-refractivity contribution in [3.63, 3.8) is 0 Å². The molecule has 0 aliphatic carbocycles. The summed E-state index contributed by atoms with van der Waals surface area (Å²) in [6, 6.07) is 1.86. The molecule has 0 saturated carbocycles. The van der Waals surface area contributed by atoms with Crippen molar-refractivity contribution in [1.82, 2.24) is 25.5 Å². The lowest BCUT2D eigenvalue weighted by Crippen LogP contribution is -2.49. The first kappa shape index (κ1) is 22.5. The first-order valence-electron chi connectivity index (χ1n) is 9.73. The molecule has 2 fully saturated rings. The molecule has 0 bridgehead atoms. The maximum absolute atomic E-state index is 4.76. The number of rotatable bonds is 7. The largest absolute Gasteiger partial charge is 0.357 e. The smallest absolute Gasteiger partial charge is 0.225 e. The second-order valence-electron chi connectivity index (χ2n) is 6.66. The Morgan fingerprint density at radius 2 is 2.00 bits per heavy atom. The molecular formula is C18H32IN7S. The Labute approximate surface area is 184 Å². The molecule has 9 heteroatoms. The van der Waals surface area contributed by atoms with Crippen LogP contribution < -0.4 is 15.5 Å². The second kappa shape index (κ2) is 12.6. The van der Waals surface area contributed by atoms with Gasteiger partial charge in [-0.05, 0) is 31.6 Å². The average molecular weight is 505 g/mol. The van der Waals surface area contributed by atoms with Crippen molar-refractivity contribution in [1.29, 1.82) is 0 Å². The van der Waals surface area contributed by atoms with Crippen molar-refractivity contribution in [2.24, 2.45) is 4.99 Å². The van der Waals surface area contributed by atoms with E-state index in [0.29, 0.717) is 5.25 Å². The highest BCUT2D eigenvalue weighted by Crippen LogP contribution is 2.25. The second-order valence-corrected chi connectivity index (χ2v) is 8.07. The van der Waals surface area contributed by atoms with Crippen LogP contribution >= 0.6 is 35.7 Å². The van der Waals surface area contributed by atoms with Crippen LogP contribution in [0.3, 0.4) is 0 Å². The molecule has 3 heterocycles. The summed E-state index contributed by atoms with van der Waals surface area (Å²) < 4.78 is 0. The first-order chi connectivity index (χ1) is 12.8. The van der Waals surface area contributed by atoms with Crippen molar-refractivity contribution in [3.05, 3.63) is 18.5 Å². The fourth-order valence-corrected chi connectivity index (χ4v) is 4.46. The fourth-order valence-electron chi connectivity index (χ4n) is 3.28. The Morgan fingerprint density at radius 1 is 1.22 bits per heavy atom. The van der Waals surface area contributed by atoms with Crippen molar-refractivity contribution in [2.45, 2.75) is 25.0 Å². The van der Waals surface area contributed by atoms with Crippen LogP contribution in [-0.4, -0.2) is 84.2 Å². The third kappa shape index (κ3) is 7.61. The van der Waals surface area contributed by atoms with Gasteiger partial charge in [0.05, 0.1) is 6.54 Å². The zero-order chi connectivity index (χ0) is 18.0. The molecule has 2 aliphatic heterocycles. The van der Waals surface area contributed by atoms with Gasteiger partial charge in [0.15, 0.2) is 5.96 Å². The summed E-state index contributed by atoms with van der Waals surface area (Å²) >= 11 is 2.06. The van der Waals surface area contributed by atoms with Gasteiger partial charge in [-0.1, -0.05) is 0 Å². The molecule has 27 heavy (non-hydrogen) atoms. The number of nitrogens with one attached hydrogen (secondary N) is 2. The molecule has 0 radical (unpaired) electrons. The molecular weight excluding hydrogens is 473 g/mol. The van der Waals surface area contributed by atoms with Crippen LogP contribution in [0.5, 0.6) is 0 Å². The molecule has 2 aliphatic rings. The van der Waals surface area contributed by atoms with Crippen LogP contribution in [0.1, 0.15) is 19.8 Å². The summed E-state index contributed by atoms with van der Waals surface area (Å²) in [5, 5.41) is 7.55. The van der Waals surface area contributed by atoms with Crippen molar-refractivity contribution >= 4 is 47.6 Å². The van der Waals surface area contributed by atoms with Gasteiger partial charge in [0, 0.05) is 63.5 Å². The van der Waals surface area contributed by atoms with Gasteiger partial charge in [0.1, 0.15) is 0 Å². The number of aliphatic imine (C=N–C) groups is 1. The minimum Gasteiger partial charge on any atom is -0.357 e. The first-order valence-corrected chi connectivity index (χ1v) is 10.8. The zero-order valence-corrected chi connectivity index (χ0v) is 19.3. The predicted octanol–water partition coefficient (Wildman–Crippen LogP) is 1.67. The molecule has 2 N–H and O–H groups in total. The van der Waals surface area contributed by atoms with E-state index in [9.17, 15) is 0 Å². The molecule has 1 aromatic rings. The summed E-state index contributed by atoms with van der Waals surface area (Å²) in [6.45, 7) is 9.96. The van der Waals surface area contributed by atoms with Gasteiger partial charge in [0.25, 0.3) is 0 Å². The van der Waals surface area contributed by atoms with E-state index in [4.69, 9.17) is 4.99 Å². The minimum atomic E-state index is 0. The Balaban J connectivity index is 0.00000261. The van der Waals surface area contributed by atoms with Gasteiger partial charge in [-0.2, -0.15) is 11.8 Å². The summed E-state index contributed by atoms with van der Waals surface area (Å²) in [6.07, 6.45) is 6.27. The summed E-state index contributed by atoms with van der Waals surface area (Å²) in [7, 11) is 0. The van der Waals surface area contributed by atoms with E-state index >= 15 is 0 Å². The number of hydrogen-bond donors (Lipinski definition) is 2. The number of halogens is 1. The lowest BCUT2D eigenvalue weighted by atomic mass is 10.2. The molecule has 1 atom stereocenters. The molecule has 1 aromatic heterocycles. The number of nitrogens with zero attached hydrogens (tertiary/aromatic N) is 5. The lowest BCUT2D eigenvalue weighted by Gasteiger charge is -2.34. The van der Waals surface area contributed by atoms with Crippen LogP contribution in [0.4, 0.5) is 5.95 Å². The lowest BCUT2D eigenvalue weighted by molar-refractivity contribution is 0.260. The number of piperazine rings is 1. The van der Waals surface area contributed by atoms with Gasteiger partial charge in [-0.3, -0.25) is 9.89 Å². The quantitative estimate of drug-likeness (QED) is 0.332. The van der Waals surface area contributed by atoms with Gasteiger partial charge in [0.2, 0.25) is 5.95 Å². The van der Waals surface area contributed by atoms with Crippen LogP contribution in [0.25, 0.3) is 0 Å². The molecule has 3 rings (SSSR count). The topological polar surface area (TPSA) is 68.7 Å². The molecule has 7 nitrogen and oxygen atoms in total. The van der Waals surface area contributed by atoms with Crippen LogP contribution in [-0.2, 0) is 0 Å². The molecule has 2 saturated heterocycles. The number of aromatic nitrogens is 2. The third-order valence-electron chi connectivity index (χ3n) is 4.75. The SMILES string of the molecule is CCNC(=NCC1CCCS1)NCCN1CCN(c2ncccn2)CC1.I. The third-order valence-corrected chi connectivity index (χ3v) is 6.13. The van der Waals surface area contributed by atoms with E-state index in [1.165, 1.54) is 18.6 Å². The van der Waals surface area contributed by atoms with Gasteiger partial charge in [-0.15, -0.1) is 24.0 Å². The van der Waals surface area contributed by atoms with Crippen LogP contribution in [0.15, 0.2) is 23.5 Å². The summed E-state index contributed by atoms with van der Waals surface area (Å²) in [4.78, 5) is 18.2. The molecule has 0 amide bonds. The van der Waals surface area contributed by atoms with E-state index in [0.717, 1.165) is 64.3 Å². The highest BCUT2D eigenvalue weighted by molar-refractivity contribution is 14.0. The Hall–Kier alpha value is -0.810. The van der Waals surface area contributed by atoms with Gasteiger partial charge < -0.3 is 15.5 Å². The predicted molar refractivity (Wildman–Crippen MR) is 126 cm³/mol. The number of guanidine groups is 1. The van der Waals surface area contributed by atoms with Crippen molar-refractivity contribution < 1.29 is 0 Å². The van der Waals surface area contributed by atoms with E-state index < -0.39 is 0 Å².